The highest BCUT2D eigenvalue weighted by atomic mass is 79.9. The van der Waals surface area contributed by atoms with E-state index in [9.17, 15) is 4.79 Å². The zero-order chi connectivity index (χ0) is 17.7. The Hall–Kier alpha value is -1.73. The van der Waals surface area contributed by atoms with Gasteiger partial charge in [0.15, 0.2) is 5.65 Å². The van der Waals surface area contributed by atoms with E-state index < -0.39 is 0 Å². The van der Waals surface area contributed by atoms with Crippen LogP contribution in [0.5, 0.6) is 0 Å². The number of amides is 1. The Balaban J connectivity index is 1.74. The topological polar surface area (TPSA) is 51.0 Å². The molecule has 1 saturated carbocycles. The quantitative estimate of drug-likeness (QED) is 0.635. The SMILES string of the molecule is Cc1nn(C)c2nc(C3CC3)cc(C(=O)N(C)Cc3ccc(Br)s3)c12. The lowest BCUT2D eigenvalue weighted by Crippen LogP contribution is -2.26. The third-order valence-electron chi connectivity index (χ3n) is 4.58. The van der Waals surface area contributed by atoms with Gasteiger partial charge < -0.3 is 4.90 Å². The number of aromatic nitrogens is 3. The Bertz CT molecular complexity index is 973. The van der Waals surface area contributed by atoms with Crippen LogP contribution in [-0.4, -0.2) is 32.6 Å². The molecule has 0 radical (unpaired) electrons. The fourth-order valence-electron chi connectivity index (χ4n) is 3.17. The molecule has 25 heavy (non-hydrogen) atoms. The highest BCUT2D eigenvalue weighted by molar-refractivity contribution is 9.11. The number of halogens is 1. The number of thiophene rings is 1. The molecule has 130 valence electrons. The zero-order valence-corrected chi connectivity index (χ0v) is 16.8. The summed E-state index contributed by atoms with van der Waals surface area (Å²) >= 11 is 5.13. The summed E-state index contributed by atoms with van der Waals surface area (Å²) < 4.78 is 2.86. The van der Waals surface area contributed by atoms with E-state index in [0.717, 1.165) is 49.5 Å². The minimum Gasteiger partial charge on any atom is -0.337 e. The predicted octanol–water partition coefficient (Wildman–Crippen LogP) is 4.25. The standard InChI is InChI=1S/C18H19BrN4OS/c1-10-16-13(18(24)22(2)9-12-6-7-15(19)25-12)8-14(11-4-5-11)20-17(16)23(3)21-10/h6-8,11H,4-5,9H2,1-3H3. The van der Waals surface area contributed by atoms with Crippen molar-refractivity contribution in [1.29, 1.82) is 0 Å². The highest BCUT2D eigenvalue weighted by Crippen LogP contribution is 2.40. The molecule has 4 rings (SSSR count). The van der Waals surface area contributed by atoms with Gasteiger partial charge in [0.1, 0.15) is 0 Å². The van der Waals surface area contributed by atoms with E-state index in [2.05, 4.69) is 21.0 Å². The number of fused-ring (bicyclic) bond motifs is 1. The van der Waals surface area contributed by atoms with Gasteiger partial charge in [0.2, 0.25) is 0 Å². The van der Waals surface area contributed by atoms with Gasteiger partial charge in [0.25, 0.3) is 5.91 Å². The van der Waals surface area contributed by atoms with Crippen molar-refractivity contribution in [3.8, 4) is 0 Å². The Morgan fingerprint density at radius 1 is 1.44 bits per heavy atom. The normalized spacial score (nSPS) is 14.2. The van der Waals surface area contributed by atoms with Crippen LogP contribution in [0.4, 0.5) is 0 Å². The number of rotatable bonds is 4. The van der Waals surface area contributed by atoms with Gasteiger partial charge in [-0.1, -0.05) is 0 Å². The first-order chi connectivity index (χ1) is 11.9. The molecular weight excluding hydrogens is 400 g/mol. The fourth-order valence-corrected chi connectivity index (χ4v) is 4.71. The molecule has 0 aromatic carbocycles. The molecule has 0 N–H and O–H groups in total. The number of carbonyl (C=O) groups is 1. The second-order valence-corrected chi connectivity index (χ2v) is 9.19. The molecule has 3 heterocycles. The first-order valence-corrected chi connectivity index (χ1v) is 9.89. The second kappa shape index (κ2) is 6.21. The van der Waals surface area contributed by atoms with E-state index in [0.29, 0.717) is 12.5 Å². The zero-order valence-electron chi connectivity index (χ0n) is 14.4. The highest BCUT2D eigenvalue weighted by Gasteiger charge is 2.29. The third kappa shape index (κ3) is 3.11. The van der Waals surface area contributed by atoms with Crippen molar-refractivity contribution in [1.82, 2.24) is 19.7 Å². The molecule has 0 atom stereocenters. The molecule has 3 aromatic heterocycles. The molecule has 5 nitrogen and oxygen atoms in total. The summed E-state index contributed by atoms with van der Waals surface area (Å²) in [5.41, 5.74) is 3.39. The maximum Gasteiger partial charge on any atom is 0.254 e. The molecular formula is C18H19BrN4OS. The Labute approximate surface area is 158 Å². The first-order valence-electron chi connectivity index (χ1n) is 8.28. The van der Waals surface area contributed by atoms with Crippen molar-refractivity contribution in [3.05, 3.63) is 43.8 Å². The van der Waals surface area contributed by atoms with Crippen LogP contribution in [-0.2, 0) is 13.6 Å². The van der Waals surface area contributed by atoms with E-state index >= 15 is 0 Å². The van der Waals surface area contributed by atoms with Crippen LogP contribution in [0, 0.1) is 6.92 Å². The number of aryl methyl sites for hydroxylation is 2. The molecule has 3 aromatic rings. The molecule has 0 bridgehead atoms. The van der Waals surface area contributed by atoms with Crippen LogP contribution in [0.15, 0.2) is 22.0 Å². The number of hydrogen-bond donors (Lipinski definition) is 0. The van der Waals surface area contributed by atoms with E-state index in [1.165, 1.54) is 0 Å². The summed E-state index contributed by atoms with van der Waals surface area (Å²) in [7, 11) is 3.74. The third-order valence-corrected chi connectivity index (χ3v) is 6.19. The van der Waals surface area contributed by atoms with Crippen LogP contribution in [0.25, 0.3) is 11.0 Å². The maximum absolute atomic E-state index is 13.2. The van der Waals surface area contributed by atoms with E-state index in [4.69, 9.17) is 4.98 Å². The smallest absolute Gasteiger partial charge is 0.254 e. The van der Waals surface area contributed by atoms with Gasteiger partial charge >= 0.3 is 0 Å². The molecule has 0 unspecified atom stereocenters. The van der Waals surface area contributed by atoms with Crippen molar-refractivity contribution >= 4 is 44.2 Å². The molecule has 1 amide bonds. The molecule has 7 heteroatoms. The fraction of sp³-hybridized carbons (Fsp3) is 0.389. The average molecular weight is 419 g/mol. The minimum absolute atomic E-state index is 0.0231. The van der Waals surface area contributed by atoms with Crippen molar-refractivity contribution in [2.75, 3.05) is 7.05 Å². The Morgan fingerprint density at radius 2 is 2.20 bits per heavy atom. The van der Waals surface area contributed by atoms with E-state index in [-0.39, 0.29) is 5.91 Å². The lowest BCUT2D eigenvalue weighted by Gasteiger charge is -2.17. The second-order valence-electron chi connectivity index (χ2n) is 6.64. The maximum atomic E-state index is 13.2. The van der Waals surface area contributed by atoms with Crippen LogP contribution >= 0.6 is 27.3 Å². The molecule has 0 spiro atoms. The largest absolute Gasteiger partial charge is 0.337 e. The molecule has 1 aliphatic carbocycles. The number of nitrogens with zero attached hydrogens (tertiary/aromatic N) is 4. The van der Waals surface area contributed by atoms with Gasteiger partial charge in [-0.05, 0) is 53.9 Å². The monoisotopic (exact) mass is 418 g/mol. The summed E-state index contributed by atoms with van der Waals surface area (Å²) in [5.74, 6) is 0.514. The lowest BCUT2D eigenvalue weighted by atomic mass is 10.1. The summed E-state index contributed by atoms with van der Waals surface area (Å²) in [6.45, 7) is 2.53. The average Bonchev–Trinajstić information content (AvgIpc) is 3.29. The van der Waals surface area contributed by atoms with Crippen molar-refractivity contribution in [2.24, 2.45) is 7.05 Å². The number of pyridine rings is 1. The molecule has 0 aliphatic heterocycles. The van der Waals surface area contributed by atoms with Crippen molar-refractivity contribution < 1.29 is 4.79 Å². The summed E-state index contributed by atoms with van der Waals surface area (Å²) in [6, 6.07) is 6.04. The number of hydrogen-bond acceptors (Lipinski definition) is 4. The van der Waals surface area contributed by atoms with Crippen LogP contribution in [0.2, 0.25) is 0 Å². The van der Waals surface area contributed by atoms with Crippen molar-refractivity contribution in [2.45, 2.75) is 32.2 Å². The minimum atomic E-state index is 0.0231. The summed E-state index contributed by atoms with van der Waals surface area (Å²) in [6.07, 6.45) is 2.31. The summed E-state index contributed by atoms with van der Waals surface area (Å²) in [5, 5.41) is 5.35. The van der Waals surface area contributed by atoms with Crippen LogP contribution in [0.1, 0.15) is 45.4 Å². The van der Waals surface area contributed by atoms with Gasteiger partial charge in [-0.3, -0.25) is 9.48 Å². The molecule has 0 saturated heterocycles. The van der Waals surface area contributed by atoms with Gasteiger partial charge in [-0.15, -0.1) is 11.3 Å². The van der Waals surface area contributed by atoms with Crippen LogP contribution < -0.4 is 0 Å². The van der Waals surface area contributed by atoms with Gasteiger partial charge in [0, 0.05) is 30.6 Å². The lowest BCUT2D eigenvalue weighted by molar-refractivity contribution is 0.0788. The Kier molecular flexibility index (Phi) is 4.16. The van der Waals surface area contributed by atoms with Crippen molar-refractivity contribution in [3.63, 3.8) is 0 Å². The first kappa shape index (κ1) is 16.7. The molecule has 1 aliphatic rings. The van der Waals surface area contributed by atoms with E-state index in [1.807, 2.05) is 39.2 Å². The van der Waals surface area contributed by atoms with E-state index in [1.54, 1.807) is 20.9 Å². The summed E-state index contributed by atoms with van der Waals surface area (Å²) in [4.78, 5) is 20.9. The van der Waals surface area contributed by atoms with Gasteiger partial charge in [0.05, 0.1) is 27.0 Å². The van der Waals surface area contributed by atoms with Gasteiger partial charge in [-0.25, -0.2) is 4.98 Å². The number of carbonyl (C=O) groups excluding carboxylic acids is 1. The van der Waals surface area contributed by atoms with Gasteiger partial charge in [-0.2, -0.15) is 5.10 Å². The predicted molar refractivity (Wildman–Crippen MR) is 103 cm³/mol. The molecule has 1 fully saturated rings. The van der Waals surface area contributed by atoms with Crippen LogP contribution in [0.3, 0.4) is 0 Å². The Morgan fingerprint density at radius 3 is 2.84 bits per heavy atom.